The van der Waals surface area contributed by atoms with Crippen LogP contribution in [0.5, 0.6) is 0 Å². The zero-order valence-corrected chi connectivity index (χ0v) is 32.4. The van der Waals surface area contributed by atoms with E-state index in [2.05, 4.69) is 73.6 Å². The minimum absolute atomic E-state index is 0.119. The summed E-state index contributed by atoms with van der Waals surface area (Å²) in [6.07, 6.45) is 13.1. The first-order valence-corrected chi connectivity index (χ1v) is 18.8. The maximum atomic E-state index is 11.9. The molecule has 0 bridgehead atoms. The normalized spacial score (nSPS) is 26.0. The average Bonchev–Trinajstić information content (AvgIpc) is 3.46. The number of imidazole rings is 1. The van der Waals surface area contributed by atoms with Crippen molar-refractivity contribution >= 4 is 48.0 Å². The molecular formula is C34H51BrN4O5S2. The van der Waals surface area contributed by atoms with Gasteiger partial charge in [-0.05, 0) is 32.8 Å². The van der Waals surface area contributed by atoms with Crippen molar-refractivity contribution in [3.63, 3.8) is 0 Å². The number of aromatic nitrogens is 3. The van der Waals surface area contributed by atoms with Crippen LogP contribution < -0.4 is 5.14 Å². The standard InChI is InChI=1S/C18H26N4O3S2.C16H25BrO2/c1-16(2,3)13-9-11(7-8-18(13,23)17(4,5)6)12-10-22-14(20-12)26-15(21-22)27(19,24)25;1-14(2,3)13-9-11(12(18)10-17)7-8-16(13,19)15(4,5)6/h7-11,23H,1-6H3,(H2,19,24,25);7-9,11,19H,10H2,1-6H3. The summed E-state index contributed by atoms with van der Waals surface area (Å²) in [5, 5.41) is 32.0. The molecule has 2 aromatic heterocycles. The monoisotopic (exact) mass is 738 g/mol. The van der Waals surface area contributed by atoms with Gasteiger partial charge in [0.05, 0.1) is 23.1 Å². The largest absolute Gasteiger partial charge is 0.381 e. The van der Waals surface area contributed by atoms with Gasteiger partial charge in [-0.15, -0.1) is 5.10 Å². The van der Waals surface area contributed by atoms with E-state index in [-0.39, 0.29) is 43.6 Å². The van der Waals surface area contributed by atoms with Crippen LogP contribution in [0.3, 0.4) is 0 Å². The number of primary sulfonamides is 1. The van der Waals surface area contributed by atoms with E-state index in [1.807, 2.05) is 65.8 Å². The fraction of sp³-hybridized carbons (Fsp3) is 0.618. The van der Waals surface area contributed by atoms with E-state index >= 15 is 0 Å². The SMILES string of the molecule is CC(C)(C)C1=CC(C(=O)CBr)C=CC1(O)C(C)(C)C.CC(C)(C)C1=CC(c2cn3nc(S(N)(=O)=O)sc3n2)C=CC1(O)C(C)(C)C. The van der Waals surface area contributed by atoms with E-state index in [0.717, 1.165) is 28.2 Å². The Morgan fingerprint density at radius 1 is 0.913 bits per heavy atom. The fourth-order valence-corrected chi connectivity index (χ4v) is 7.68. The number of rotatable bonds is 4. The van der Waals surface area contributed by atoms with E-state index in [0.29, 0.717) is 10.3 Å². The second kappa shape index (κ2) is 12.5. The Labute approximate surface area is 286 Å². The summed E-state index contributed by atoms with van der Waals surface area (Å²) in [4.78, 5) is 16.9. The van der Waals surface area contributed by atoms with Crippen molar-refractivity contribution in [2.75, 3.05) is 5.33 Å². The number of nitrogens with zero attached hydrogens (tertiary/aromatic N) is 3. The molecule has 9 nitrogen and oxygen atoms in total. The van der Waals surface area contributed by atoms with E-state index in [9.17, 15) is 23.4 Å². The van der Waals surface area contributed by atoms with Gasteiger partial charge in [0.1, 0.15) is 11.2 Å². The number of fused-ring (bicyclic) bond motifs is 1. The van der Waals surface area contributed by atoms with Crippen molar-refractivity contribution < 1.29 is 23.4 Å². The number of aliphatic hydroxyl groups is 2. The number of sulfonamides is 1. The molecule has 0 amide bonds. The fourth-order valence-electron chi connectivity index (χ4n) is 5.79. The Balaban J connectivity index is 0.000000268. The molecule has 0 saturated carbocycles. The quantitative estimate of drug-likeness (QED) is 0.233. The van der Waals surface area contributed by atoms with Gasteiger partial charge in [-0.3, -0.25) is 4.79 Å². The van der Waals surface area contributed by atoms with Crippen molar-refractivity contribution in [1.29, 1.82) is 0 Å². The predicted octanol–water partition coefficient (Wildman–Crippen LogP) is 6.73. The number of halogens is 1. The highest BCUT2D eigenvalue weighted by Crippen LogP contribution is 2.49. The molecule has 0 spiro atoms. The number of hydrogen-bond acceptors (Lipinski definition) is 8. The van der Waals surface area contributed by atoms with Gasteiger partial charge in [0.25, 0.3) is 10.0 Å². The van der Waals surface area contributed by atoms with Crippen molar-refractivity contribution in [3.05, 3.63) is 59.5 Å². The lowest BCUT2D eigenvalue weighted by molar-refractivity contribution is -0.118. The van der Waals surface area contributed by atoms with Crippen LogP contribution in [0.1, 0.15) is 94.7 Å². The van der Waals surface area contributed by atoms with Gasteiger partial charge in [-0.25, -0.2) is 23.1 Å². The number of nitrogens with two attached hydrogens (primary N) is 1. The van der Waals surface area contributed by atoms with Crippen LogP contribution in [0, 0.1) is 27.6 Å². The van der Waals surface area contributed by atoms with Crippen molar-refractivity contribution in [3.8, 4) is 0 Å². The first-order valence-electron chi connectivity index (χ1n) is 15.3. The van der Waals surface area contributed by atoms with Crippen molar-refractivity contribution in [1.82, 2.24) is 14.6 Å². The summed E-state index contributed by atoms with van der Waals surface area (Å²) in [6.45, 7) is 24.6. The van der Waals surface area contributed by atoms with Crippen LogP contribution in [0.2, 0.25) is 0 Å². The summed E-state index contributed by atoms with van der Waals surface area (Å²) in [5.41, 5.74) is -0.563. The van der Waals surface area contributed by atoms with Crippen LogP contribution >= 0.6 is 27.3 Å². The van der Waals surface area contributed by atoms with Gasteiger partial charge in [-0.1, -0.05) is 147 Å². The number of alkyl halides is 1. The Bertz CT molecular complexity index is 1670. The summed E-state index contributed by atoms with van der Waals surface area (Å²) in [7, 11) is -3.84. The minimum Gasteiger partial charge on any atom is -0.381 e. The van der Waals surface area contributed by atoms with Crippen LogP contribution in [0.4, 0.5) is 0 Å². The Morgan fingerprint density at radius 3 is 1.80 bits per heavy atom. The third-order valence-electron chi connectivity index (χ3n) is 8.64. The Hall–Kier alpha value is -1.96. The van der Waals surface area contributed by atoms with Crippen LogP contribution in [0.25, 0.3) is 4.96 Å². The van der Waals surface area contributed by atoms with Gasteiger partial charge in [0.15, 0.2) is 5.78 Å². The second-order valence-corrected chi connectivity index (χ2v) is 19.6. The lowest BCUT2D eigenvalue weighted by Gasteiger charge is -2.47. The third-order valence-corrected chi connectivity index (χ3v) is 11.4. The molecule has 4 unspecified atom stereocenters. The van der Waals surface area contributed by atoms with E-state index in [1.54, 1.807) is 12.3 Å². The molecule has 2 heterocycles. The highest BCUT2D eigenvalue weighted by Gasteiger charge is 2.48. The number of ketones is 1. The number of allylic oxidation sites excluding steroid dienone is 4. The van der Waals surface area contributed by atoms with Crippen LogP contribution in [-0.4, -0.2) is 55.5 Å². The third kappa shape index (κ3) is 7.68. The van der Waals surface area contributed by atoms with Gasteiger partial charge in [0.2, 0.25) is 9.30 Å². The predicted molar refractivity (Wildman–Crippen MR) is 189 cm³/mol. The maximum Gasteiger partial charge on any atom is 0.267 e. The topological polar surface area (TPSA) is 148 Å². The highest BCUT2D eigenvalue weighted by molar-refractivity contribution is 9.09. The van der Waals surface area contributed by atoms with Crippen LogP contribution in [0.15, 0.2) is 58.1 Å². The van der Waals surface area contributed by atoms with E-state index in [1.165, 1.54) is 4.52 Å². The lowest BCUT2D eigenvalue weighted by Crippen LogP contribution is -2.48. The van der Waals surface area contributed by atoms with Gasteiger partial charge >= 0.3 is 0 Å². The molecule has 0 radical (unpaired) electrons. The summed E-state index contributed by atoms with van der Waals surface area (Å²) < 4.78 is 24.2. The molecule has 2 aromatic rings. The van der Waals surface area contributed by atoms with Gasteiger partial charge in [0, 0.05) is 5.92 Å². The number of Topliss-reactive ketones (excluding diaryl/α,β-unsaturated/α-hetero) is 1. The molecule has 4 N–H and O–H groups in total. The molecule has 12 heteroatoms. The molecule has 2 aliphatic rings. The Kier molecular flexibility index (Phi) is 10.5. The summed E-state index contributed by atoms with van der Waals surface area (Å²) in [5.74, 6) is -0.251. The molecule has 256 valence electrons. The maximum absolute atomic E-state index is 11.9. The Morgan fingerprint density at radius 2 is 1.39 bits per heavy atom. The van der Waals surface area contributed by atoms with Crippen LogP contribution in [-0.2, 0) is 14.8 Å². The highest BCUT2D eigenvalue weighted by atomic mass is 79.9. The number of hydrogen-bond donors (Lipinski definition) is 3. The molecule has 0 aliphatic heterocycles. The van der Waals surface area contributed by atoms with E-state index < -0.39 is 21.2 Å². The molecule has 46 heavy (non-hydrogen) atoms. The molecular weight excluding hydrogens is 688 g/mol. The lowest BCUT2D eigenvalue weighted by atomic mass is 9.62. The molecule has 0 aromatic carbocycles. The second-order valence-electron chi connectivity index (χ2n) is 16.4. The summed E-state index contributed by atoms with van der Waals surface area (Å²) >= 11 is 4.15. The summed E-state index contributed by atoms with van der Waals surface area (Å²) in [6, 6.07) is 0. The van der Waals surface area contributed by atoms with Gasteiger partial charge < -0.3 is 10.2 Å². The first-order chi connectivity index (χ1) is 20.6. The van der Waals surface area contributed by atoms with Crippen molar-refractivity contribution in [2.24, 2.45) is 32.7 Å². The average molecular weight is 740 g/mol. The molecule has 0 saturated heterocycles. The number of carbonyl (C=O) groups is 1. The van der Waals surface area contributed by atoms with Crippen molar-refractivity contribution in [2.45, 2.75) is 105 Å². The zero-order valence-electron chi connectivity index (χ0n) is 29.1. The molecule has 0 fully saturated rings. The first kappa shape index (κ1) is 38.5. The van der Waals surface area contributed by atoms with Gasteiger partial charge in [-0.2, -0.15) is 0 Å². The minimum atomic E-state index is -3.84. The molecule has 2 aliphatic carbocycles. The number of carbonyl (C=O) groups excluding carboxylic acids is 1. The zero-order chi connectivity index (χ0) is 35.5. The molecule has 4 rings (SSSR count). The molecule has 4 atom stereocenters. The van der Waals surface area contributed by atoms with E-state index in [4.69, 9.17) is 5.14 Å². The smallest absolute Gasteiger partial charge is 0.267 e.